The SMILES string of the molecule is Cc1ccc(NN=C(C#N)c2nc(-c3ccc([N+](=O)[O-])cc3)cs2)c(C)c1. The summed E-state index contributed by atoms with van der Waals surface area (Å²) in [6, 6.07) is 14.1. The van der Waals surface area contributed by atoms with Crippen LogP contribution in [0.15, 0.2) is 52.9 Å². The molecule has 0 atom stereocenters. The predicted octanol–water partition coefficient (Wildman–Crippen LogP) is 4.67. The third kappa shape index (κ3) is 4.16. The number of anilines is 1. The summed E-state index contributed by atoms with van der Waals surface area (Å²) >= 11 is 1.29. The second-order valence-corrected chi connectivity index (χ2v) is 6.70. The summed E-state index contributed by atoms with van der Waals surface area (Å²) in [5.41, 5.74) is 7.48. The molecule has 0 bridgehead atoms. The average molecular weight is 377 g/mol. The van der Waals surface area contributed by atoms with Gasteiger partial charge in [0.05, 0.1) is 16.3 Å². The number of nitro benzene ring substituents is 1. The molecule has 0 aliphatic heterocycles. The minimum absolute atomic E-state index is 0.0196. The predicted molar refractivity (Wildman–Crippen MR) is 106 cm³/mol. The normalized spacial score (nSPS) is 11.1. The summed E-state index contributed by atoms with van der Waals surface area (Å²) in [5, 5.41) is 26.6. The number of hydrogen-bond acceptors (Lipinski definition) is 7. The van der Waals surface area contributed by atoms with Gasteiger partial charge in [-0.2, -0.15) is 10.4 Å². The molecule has 134 valence electrons. The van der Waals surface area contributed by atoms with Gasteiger partial charge in [-0.1, -0.05) is 17.7 Å². The van der Waals surface area contributed by atoms with Crippen molar-refractivity contribution in [3.8, 4) is 17.3 Å². The first-order valence-electron chi connectivity index (χ1n) is 7.99. The van der Waals surface area contributed by atoms with E-state index in [2.05, 4.69) is 21.6 Å². The molecule has 0 radical (unpaired) electrons. The largest absolute Gasteiger partial charge is 0.277 e. The number of nitrogens with one attached hydrogen (secondary N) is 1. The van der Waals surface area contributed by atoms with Gasteiger partial charge in [-0.05, 0) is 37.6 Å². The van der Waals surface area contributed by atoms with Gasteiger partial charge in [0.2, 0.25) is 0 Å². The summed E-state index contributed by atoms with van der Waals surface area (Å²) in [7, 11) is 0. The van der Waals surface area contributed by atoms with Crippen molar-refractivity contribution in [3.63, 3.8) is 0 Å². The summed E-state index contributed by atoms with van der Waals surface area (Å²) < 4.78 is 0. The summed E-state index contributed by atoms with van der Waals surface area (Å²) in [6.07, 6.45) is 0. The minimum atomic E-state index is -0.449. The van der Waals surface area contributed by atoms with Gasteiger partial charge in [-0.3, -0.25) is 15.5 Å². The molecule has 0 amide bonds. The molecular weight excluding hydrogens is 362 g/mol. The van der Waals surface area contributed by atoms with Crippen molar-refractivity contribution < 1.29 is 4.92 Å². The number of thiazole rings is 1. The first-order chi connectivity index (χ1) is 13.0. The molecule has 8 heteroatoms. The van der Waals surface area contributed by atoms with Crippen LogP contribution < -0.4 is 5.43 Å². The van der Waals surface area contributed by atoms with E-state index in [1.807, 2.05) is 32.0 Å². The fourth-order valence-corrected chi connectivity index (χ4v) is 3.21. The second-order valence-electron chi connectivity index (χ2n) is 5.84. The molecule has 0 saturated carbocycles. The lowest BCUT2D eigenvalue weighted by molar-refractivity contribution is -0.384. The van der Waals surface area contributed by atoms with Crippen LogP contribution in [0.2, 0.25) is 0 Å². The lowest BCUT2D eigenvalue weighted by Crippen LogP contribution is -2.02. The van der Waals surface area contributed by atoms with Crippen molar-refractivity contribution in [3.05, 3.63) is 74.1 Å². The molecule has 7 nitrogen and oxygen atoms in total. The third-order valence-electron chi connectivity index (χ3n) is 3.86. The third-order valence-corrected chi connectivity index (χ3v) is 4.71. The molecule has 0 unspecified atom stereocenters. The molecule has 27 heavy (non-hydrogen) atoms. The number of aryl methyl sites for hydroxylation is 2. The van der Waals surface area contributed by atoms with E-state index >= 15 is 0 Å². The zero-order valence-corrected chi connectivity index (χ0v) is 15.4. The first kappa shape index (κ1) is 18.2. The fourth-order valence-electron chi connectivity index (χ4n) is 2.44. The van der Waals surface area contributed by atoms with E-state index in [1.165, 1.54) is 23.5 Å². The Morgan fingerprint density at radius 1 is 1.26 bits per heavy atom. The van der Waals surface area contributed by atoms with Crippen LogP contribution >= 0.6 is 11.3 Å². The maximum Gasteiger partial charge on any atom is 0.269 e. The first-order valence-corrected chi connectivity index (χ1v) is 8.87. The van der Waals surface area contributed by atoms with Gasteiger partial charge in [0, 0.05) is 23.1 Å². The Labute approximate surface area is 159 Å². The molecule has 1 aromatic heterocycles. The van der Waals surface area contributed by atoms with E-state index in [0.29, 0.717) is 10.7 Å². The Hall–Kier alpha value is -3.57. The maximum atomic E-state index is 10.7. The molecule has 0 fully saturated rings. The number of benzene rings is 2. The summed E-state index contributed by atoms with van der Waals surface area (Å²) in [6.45, 7) is 3.98. The molecule has 0 spiro atoms. The Morgan fingerprint density at radius 2 is 2.00 bits per heavy atom. The Balaban J connectivity index is 1.82. The quantitative estimate of drug-likeness (QED) is 0.395. The van der Waals surface area contributed by atoms with Gasteiger partial charge in [0.25, 0.3) is 5.69 Å². The highest BCUT2D eigenvalue weighted by molar-refractivity contribution is 7.12. The smallest absolute Gasteiger partial charge is 0.269 e. The standard InChI is InChI=1S/C19H15N5O2S/c1-12-3-8-16(13(2)9-12)22-23-17(10-20)19-21-18(11-27-19)14-4-6-15(7-5-14)24(25)26/h3-9,11,22H,1-2H3. The molecule has 3 aromatic rings. The lowest BCUT2D eigenvalue weighted by atomic mass is 10.1. The molecule has 2 aromatic carbocycles. The highest BCUT2D eigenvalue weighted by Gasteiger charge is 2.12. The lowest BCUT2D eigenvalue weighted by Gasteiger charge is -2.05. The molecule has 0 aliphatic rings. The topological polar surface area (TPSA) is 104 Å². The van der Waals surface area contributed by atoms with Gasteiger partial charge in [-0.25, -0.2) is 4.98 Å². The van der Waals surface area contributed by atoms with Gasteiger partial charge in [-0.15, -0.1) is 11.3 Å². The minimum Gasteiger partial charge on any atom is -0.277 e. The van der Waals surface area contributed by atoms with Crippen molar-refractivity contribution in [1.82, 2.24) is 4.98 Å². The van der Waals surface area contributed by atoms with Crippen molar-refractivity contribution in [2.24, 2.45) is 5.10 Å². The van der Waals surface area contributed by atoms with Gasteiger partial charge in [0.15, 0.2) is 10.7 Å². The van der Waals surface area contributed by atoms with E-state index in [9.17, 15) is 15.4 Å². The average Bonchev–Trinajstić information content (AvgIpc) is 3.14. The molecular formula is C19H15N5O2S. The number of nitrogens with zero attached hydrogens (tertiary/aromatic N) is 4. The Bertz CT molecular complexity index is 1060. The van der Waals surface area contributed by atoms with Crippen LogP contribution in [0.4, 0.5) is 11.4 Å². The van der Waals surface area contributed by atoms with E-state index in [4.69, 9.17) is 0 Å². The summed E-state index contributed by atoms with van der Waals surface area (Å²) in [5.74, 6) is 0. The molecule has 1 N–H and O–H groups in total. The fraction of sp³-hybridized carbons (Fsp3) is 0.105. The van der Waals surface area contributed by atoms with Crippen molar-refractivity contribution in [1.29, 1.82) is 5.26 Å². The number of nitriles is 1. The number of nitro groups is 1. The molecule has 0 aliphatic carbocycles. The molecule has 1 heterocycles. The van der Waals surface area contributed by atoms with E-state index in [-0.39, 0.29) is 11.4 Å². The summed E-state index contributed by atoms with van der Waals surface area (Å²) in [4.78, 5) is 14.7. The zero-order valence-electron chi connectivity index (χ0n) is 14.6. The van der Waals surface area contributed by atoms with Crippen LogP contribution in [-0.4, -0.2) is 15.6 Å². The zero-order chi connectivity index (χ0) is 19.4. The number of hydrogen-bond donors (Lipinski definition) is 1. The monoisotopic (exact) mass is 377 g/mol. The molecule has 0 saturated heterocycles. The van der Waals surface area contributed by atoms with Crippen LogP contribution in [0.1, 0.15) is 16.1 Å². The van der Waals surface area contributed by atoms with Crippen molar-refractivity contribution in [2.75, 3.05) is 5.43 Å². The van der Waals surface area contributed by atoms with Crippen LogP contribution in [0, 0.1) is 35.3 Å². The second kappa shape index (κ2) is 7.76. The van der Waals surface area contributed by atoms with Crippen LogP contribution in [-0.2, 0) is 0 Å². The number of hydrazone groups is 1. The number of non-ortho nitro benzene ring substituents is 1. The van der Waals surface area contributed by atoms with Gasteiger partial charge >= 0.3 is 0 Å². The van der Waals surface area contributed by atoms with Gasteiger partial charge in [0.1, 0.15) is 6.07 Å². The number of rotatable bonds is 5. The Kier molecular flexibility index (Phi) is 5.24. The maximum absolute atomic E-state index is 10.7. The van der Waals surface area contributed by atoms with Crippen LogP contribution in [0.25, 0.3) is 11.3 Å². The van der Waals surface area contributed by atoms with E-state index in [1.54, 1.807) is 17.5 Å². The van der Waals surface area contributed by atoms with E-state index in [0.717, 1.165) is 22.4 Å². The van der Waals surface area contributed by atoms with Gasteiger partial charge < -0.3 is 0 Å². The van der Waals surface area contributed by atoms with Crippen LogP contribution in [0.3, 0.4) is 0 Å². The van der Waals surface area contributed by atoms with Crippen molar-refractivity contribution >= 4 is 28.4 Å². The highest BCUT2D eigenvalue weighted by atomic mass is 32.1. The molecule has 3 rings (SSSR count). The number of aromatic nitrogens is 1. The van der Waals surface area contributed by atoms with Crippen molar-refractivity contribution in [2.45, 2.75) is 13.8 Å². The van der Waals surface area contributed by atoms with E-state index < -0.39 is 4.92 Å². The Morgan fingerprint density at radius 3 is 2.63 bits per heavy atom. The van der Waals surface area contributed by atoms with Crippen LogP contribution in [0.5, 0.6) is 0 Å². The highest BCUT2D eigenvalue weighted by Crippen LogP contribution is 2.25.